The molecule has 12 heteroatoms. The quantitative estimate of drug-likeness (QED) is 0.664. The molecule has 1 aromatic heterocycles. The van der Waals surface area contributed by atoms with Gasteiger partial charge in [-0.25, -0.2) is 0 Å². The predicted octanol–water partition coefficient (Wildman–Crippen LogP) is 1.16. The average molecular weight is 425 g/mol. The van der Waals surface area contributed by atoms with Gasteiger partial charge < -0.3 is 15.0 Å². The predicted molar refractivity (Wildman–Crippen MR) is 103 cm³/mol. The SMILES string of the molecule is CCC(=O)Nc1nnc(S(=O)(=O)Nc2ccccc2C(=O)N2CCOCC2)s1. The number of ether oxygens (including phenoxy) is 1. The molecule has 2 amide bonds. The number of nitrogens with one attached hydrogen (secondary N) is 2. The van der Waals surface area contributed by atoms with Crippen molar-refractivity contribution in [3.8, 4) is 0 Å². The van der Waals surface area contributed by atoms with Crippen LogP contribution in [-0.4, -0.2) is 61.6 Å². The molecule has 28 heavy (non-hydrogen) atoms. The van der Waals surface area contributed by atoms with Crippen molar-refractivity contribution in [1.29, 1.82) is 0 Å². The smallest absolute Gasteiger partial charge is 0.291 e. The molecule has 2 heterocycles. The Labute approximate surface area is 166 Å². The summed E-state index contributed by atoms with van der Waals surface area (Å²) >= 11 is 0.729. The number of amides is 2. The minimum absolute atomic E-state index is 0.0879. The molecule has 0 spiro atoms. The molecule has 1 fully saturated rings. The highest BCUT2D eigenvalue weighted by Gasteiger charge is 2.25. The number of benzene rings is 1. The summed E-state index contributed by atoms with van der Waals surface area (Å²) in [6, 6.07) is 6.35. The number of anilines is 2. The molecule has 10 nitrogen and oxygen atoms in total. The van der Waals surface area contributed by atoms with E-state index in [2.05, 4.69) is 20.2 Å². The van der Waals surface area contributed by atoms with Gasteiger partial charge in [-0.2, -0.15) is 8.42 Å². The molecule has 0 atom stereocenters. The van der Waals surface area contributed by atoms with Gasteiger partial charge in [0, 0.05) is 19.5 Å². The first-order valence-corrected chi connectivity index (χ1v) is 10.8. The number of para-hydroxylation sites is 1. The van der Waals surface area contributed by atoms with Crippen LogP contribution in [0.25, 0.3) is 0 Å². The Morgan fingerprint density at radius 1 is 1.21 bits per heavy atom. The second-order valence-corrected chi connectivity index (χ2v) is 8.66. The van der Waals surface area contributed by atoms with Crippen LogP contribution in [0.1, 0.15) is 23.7 Å². The molecule has 1 saturated heterocycles. The zero-order chi connectivity index (χ0) is 20.1. The van der Waals surface area contributed by atoms with Gasteiger partial charge >= 0.3 is 0 Å². The maximum Gasteiger partial charge on any atom is 0.291 e. The van der Waals surface area contributed by atoms with Gasteiger partial charge in [0.25, 0.3) is 20.3 Å². The van der Waals surface area contributed by atoms with E-state index in [1.165, 1.54) is 6.07 Å². The minimum atomic E-state index is -4.07. The van der Waals surface area contributed by atoms with Crippen LogP contribution in [0.15, 0.2) is 28.6 Å². The Kier molecular flexibility index (Phi) is 6.21. The summed E-state index contributed by atoms with van der Waals surface area (Å²) in [7, 11) is -4.07. The third-order valence-electron chi connectivity index (χ3n) is 3.90. The molecule has 2 N–H and O–H groups in total. The topological polar surface area (TPSA) is 131 Å². The third kappa shape index (κ3) is 4.64. The van der Waals surface area contributed by atoms with E-state index in [-0.39, 0.29) is 39.0 Å². The van der Waals surface area contributed by atoms with Crippen LogP contribution in [0, 0.1) is 0 Å². The van der Waals surface area contributed by atoms with Crippen LogP contribution in [0.4, 0.5) is 10.8 Å². The van der Waals surface area contributed by atoms with Gasteiger partial charge in [0.05, 0.1) is 24.5 Å². The van der Waals surface area contributed by atoms with Crippen LogP contribution in [0.3, 0.4) is 0 Å². The van der Waals surface area contributed by atoms with Crippen LogP contribution in [-0.2, 0) is 19.6 Å². The van der Waals surface area contributed by atoms with Gasteiger partial charge in [-0.3, -0.25) is 14.3 Å². The van der Waals surface area contributed by atoms with E-state index in [1.807, 2.05) is 0 Å². The van der Waals surface area contributed by atoms with E-state index < -0.39 is 10.0 Å². The van der Waals surface area contributed by atoms with Crippen LogP contribution in [0.2, 0.25) is 0 Å². The number of sulfonamides is 1. The first-order chi connectivity index (χ1) is 13.4. The second kappa shape index (κ2) is 8.63. The van der Waals surface area contributed by atoms with Crippen molar-refractivity contribution >= 4 is 44.0 Å². The highest BCUT2D eigenvalue weighted by atomic mass is 32.2. The standard InChI is InChI=1S/C16H19N5O5S2/c1-2-13(22)17-15-18-19-16(27-15)28(24,25)20-12-6-4-3-5-11(12)14(23)21-7-9-26-10-8-21/h3-6,20H,2,7-10H2,1H3,(H,17,18,22). The molecule has 0 saturated carbocycles. The summed E-state index contributed by atoms with van der Waals surface area (Å²) < 4.78 is 32.6. The Hall–Kier alpha value is -2.57. The Bertz CT molecular complexity index is 969. The van der Waals surface area contributed by atoms with E-state index >= 15 is 0 Å². The van der Waals surface area contributed by atoms with Gasteiger partial charge in [0.2, 0.25) is 11.0 Å². The van der Waals surface area contributed by atoms with Gasteiger partial charge in [0.1, 0.15) is 0 Å². The molecule has 0 unspecified atom stereocenters. The number of nitrogens with zero attached hydrogens (tertiary/aromatic N) is 3. The number of hydrogen-bond donors (Lipinski definition) is 2. The lowest BCUT2D eigenvalue weighted by Crippen LogP contribution is -2.41. The van der Waals surface area contributed by atoms with Gasteiger partial charge in [-0.15, -0.1) is 10.2 Å². The normalized spacial score (nSPS) is 14.5. The number of morpholine rings is 1. The third-order valence-corrected chi connectivity index (χ3v) is 6.48. The van der Waals surface area contributed by atoms with E-state index in [1.54, 1.807) is 30.0 Å². The highest BCUT2D eigenvalue weighted by Crippen LogP contribution is 2.25. The molecule has 3 rings (SSSR count). The van der Waals surface area contributed by atoms with Crippen molar-refractivity contribution in [2.45, 2.75) is 17.7 Å². The molecule has 2 aromatic rings. The van der Waals surface area contributed by atoms with Crippen LogP contribution >= 0.6 is 11.3 Å². The largest absolute Gasteiger partial charge is 0.378 e. The lowest BCUT2D eigenvalue weighted by molar-refractivity contribution is -0.115. The monoisotopic (exact) mass is 425 g/mol. The van der Waals surface area contributed by atoms with Crippen LogP contribution in [0.5, 0.6) is 0 Å². The molecule has 150 valence electrons. The van der Waals surface area contributed by atoms with E-state index in [0.717, 1.165) is 11.3 Å². The van der Waals surface area contributed by atoms with E-state index in [0.29, 0.717) is 26.3 Å². The number of rotatable bonds is 6. The molecule has 0 bridgehead atoms. The summed E-state index contributed by atoms with van der Waals surface area (Å²) in [5.74, 6) is -0.579. The molecular formula is C16H19N5O5S2. The Morgan fingerprint density at radius 2 is 1.93 bits per heavy atom. The van der Waals surface area contributed by atoms with Crippen molar-refractivity contribution in [2.24, 2.45) is 0 Å². The molecule has 1 aromatic carbocycles. The number of carbonyl (C=O) groups excluding carboxylic acids is 2. The fraction of sp³-hybridized carbons (Fsp3) is 0.375. The minimum Gasteiger partial charge on any atom is -0.378 e. The first kappa shape index (κ1) is 20.2. The lowest BCUT2D eigenvalue weighted by atomic mass is 10.1. The molecular weight excluding hydrogens is 406 g/mol. The van der Waals surface area contributed by atoms with Crippen molar-refractivity contribution in [3.63, 3.8) is 0 Å². The second-order valence-electron chi connectivity index (χ2n) is 5.83. The summed E-state index contributed by atoms with van der Waals surface area (Å²) in [5.41, 5.74) is 0.380. The summed E-state index contributed by atoms with van der Waals surface area (Å²) in [6.07, 6.45) is 0.233. The number of aromatic nitrogens is 2. The van der Waals surface area contributed by atoms with Gasteiger partial charge in [0.15, 0.2) is 0 Å². The molecule has 0 radical (unpaired) electrons. The average Bonchev–Trinajstić information content (AvgIpc) is 3.17. The summed E-state index contributed by atoms with van der Waals surface area (Å²) in [6.45, 7) is 3.43. The van der Waals surface area contributed by atoms with Gasteiger partial charge in [-0.1, -0.05) is 30.4 Å². The molecule has 1 aliphatic rings. The fourth-order valence-corrected chi connectivity index (χ4v) is 4.46. The Balaban J connectivity index is 1.81. The van der Waals surface area contributed by atoms with E-state index in [4.69, 9.17) is 4.74 Å². The maximum atomic E-state index is 12.8. The van der Waals surface area contributed by atoms with E-state index in [9.17, 15) is 18.0 Å². The molecule has 1 aliphatic heterocycles. The van der Waals surface area contributed by atoms with Gasteiger partial charge in [-0.05, 0) is 12.1 Å². The van der Waals surface area contributed by atoms with Crippen molar-refractivity contribution in [1.82, 2.24) is 15.1 Å². The maximum absolute atomic E-state index is 12.8. The fourth-order valence-electron chi connectivity index (χ4n) is 2.46. The number of hydrogen-bond acceptors (Lipinski definition) is 8. The zero-order valence-corrected chi connectivity index (χ0v) is 16.7. The highest BCUT2D eigenvalue weighted by molar-refractivity contribution is 7.94. The number of carbonyl (C=O) groups is 2. The van der Waals surface area contributed by atoms with Crippen molar-refractivity contribution in [2.75, 3.05) is 36.3 Å². The van der Waals surface area contributed by atoms with Crippen molar-refractivity contribution in [3.05, 3.63) is 29.8 Å². The zero-order valence-electron chi connectivity index (χ0n) is 15.0. The molecule has 0 aliphatic carbocycles. The van der Waals surface area contributed by atoms with Crippen molar-refractivity contribution < 1.29 is 22.7 Å². The van der Waals surface area contributed by atoms with Crippen LogP contribution < -0.4 is 10.0 Å². The Morgan fingerprint density at radius 3 is 2.64 bits per heavy atom. The first-order valence-electron chi connectivity index (χ1n) is 8.53. The summed E-state index contributed by atoms with van der Waals surface area (Å²) in [4.78, 5) is 25.8. The lowest BCUT2D eigenvalue weighted by Gasteiger charge is -2.27. The summed E-state index contributed by atoms with van der Waals surface area (Å²) in [5, 5.41) is 9.85.